The number of ether oxygens (including phenoxy) is 1. The van der Waals surface area contributed by atoms with Crippen LogP contribution in [0.1, 0.15) is 16.8 Å². The molecule has 0 radical (unpaired) electrons. The minimum absolute atomic E-state index is 0.0494. The van der Waals surface area contributed by atoms with E-state index in [2.05, 4.69) is 5.92 Å². The van der Waals surface area contributed by atoms with Gasteiger partial charge in [0.15, 0.2) is 11.5 Å². The molecule has 1 rings (SSSR count). The van der Waals surface area contributed by atoms with Crippen LogP contribution in [0.3, 0.4) is 0 Å². The Labute approximate surface area is 82.3 Å². The largest absolute Gasteiger partial charge is 0.504 e. The molecule has 14 heavy (non-hydrogen) atoms. The molecule has 0 bridgehead atoms. The van der Waals surface area contributed by atoms with Crippen LogP contribution in [-0.4, -0.2) is 18.0 Å². The first-order chi connectivity index (χ1) is 6.77. The van der Waals surface area contributed by atoms with Crippen LogP contribution in [-0.2, 0) is 0 Å². The number of carbonyl (C=O) groups excluding carboxylic acids is 1. The maximum atomic E-state index is 10.4. The van der Waals surface area contributed by atoms with E-state index >= 15 is 0 Å². The Hall–Kier alpha value is -1.95. The van der Waals surface area contributed by atoms with E-state index in [9.17, 15) is 9.90 Å². The SMILES string of the molecule is C#CCCOc1ccc(C=O)cc1O. The molecule has 72 valence electrons. The van der Waals surface area contributed by atoms with Gasteiger partial charge in [-0.2, -0.15) is 0 Å². The highest BCUT2D eigenvalue weighted by molar-refractivity contribution is 5.76. The minimum atomic E-state index is -0.0494. The van der Waals surface area contributed by atoms with Gasteiger partial charge < -0.3 is 9.84 Å². The molecule has 3 heteroatoms. The van der Waals surface area contributed by atoms with Gasteiger partial charge >= 0.3 is 0 Å². The number of phenolic OH excluding ortho intramolecular Hbond substituents is 1. The topological polar surface area (TPSA) is 46.5 Å². The highest BCUT2D eigenvalue weighted by Gasteiger charge is 2.02. The Morgan fingerprint density at radius 2 is 2.36 bits per heavy atom. The highest BCUT2D eigenvalue weighted by Crippen LogP contribution is 2.26. The molecule has 0 spiro atoms. The maximum absolute atomic E-state index is 10.4. The summed E-state index contributed by atoms with van der Waals surface area (Å²) in [4.78, 5) is 10.4. The Morgan fingerprint density at radius 1 is 1.57 bits per heavy atom. The number of benzene rings is 1. The average molecular weight is 190 g/mol. The second-order valence-electron chi connectivity index (χ2n) is 2.65. The van der Waals surface area contributed by atoms with Crippen molar-refractivity contribution in [2.24, 2.45) is 0 Å². The number of hydrogen-bond donors (Lipinski definition) is 1. The average Bonchev–Trinajstić information content (AvgIpc) is 2.20. The first-order valence-electron chi connectivity index (χ1n) is 4.12. The van der Waals surface area contributed by atoms with Gasteiger partial charge in [-0.3, -0.25) is 4.79 Å². The first-order valence-corrected chi connectivity index (χ1v) is 4.12. The van der Waals surface area contributed by atoms with Gasteiger partial charge in [-0.15, -0.1) is 12.3 Å². The molecule has 0 saturated carbocycles. The molecule has 0 fully saturated rings. The molecule has 1 aromatic carbocycles. The van der Waals surface area contributed by atoms with Crippen molar-refractivity contribution in [2.75, 3.05) is 6.61 Å². The summed E-state index contributed by atoms with van der Waals surface area (Å²) in [6, 6.07) is 4.45. The Morgan fingerprint density at radius 3 is 2.93 bits per heavy atom. The van der Waals surface area contributed by atoms with Crippen LogP contribution >= 0.6 is 0 Å². The van der Waals surface area contributed by atoms with E-state index in [1.165, 1.54) is 12.1 Å². The highest BCUT2D eigenvalue weighted by atomic mass is 16.5. The summed E-state index contributed by atoms with van der Waals surface area (Å²) in [5.41, 5.74) is 0.409. The minimum Gasteiger partial charge on any atom is -0.504 e. The van der Waals surface area contributed by atoms with E-state index in [1.807, 2.05) is 0 Å². The molecule has 0 atom stereocenters. The molecular weight excluding hydrogens is 180 g/mol. The number of aldehydes is 1. The third-order valence-corrected chi connectivity index (χ3v) is 1.62. The number of terminal acetylenes is 1. The second kappa shape index (κ2) is 4.93. The quantitative estimate of drug-likeness (QED) is 0.445. The summed E-state index contributed by atoms with van der Waals surface area (Å²) in [5, 5.41) is 9.39. The molecule has 1 aromatic rings. The van der Waals surface area contributed by atoms with E-state index in [1.54, 1.807) is 6.07 Å². The third-order valence-electron chi connectivity index (χ3n) is 1.62. The summed E-state index contributed by atoms with van der Waals surface area (Å²) in [6.07, 6.45) is 6.18. The van der Waals surface area contributed by atoms with Crippen LogP contribution in [0.5, 0.6) is 11.5 Å². The zero-order valence-corrected chi connectivity index (χ0v) is 7.56. The van der Waals surface area contributed by atoms with E-state index in [4.69, 9.17) is 11.2 Å². The summed E-state index contributed by atoms with van der Waals surface area (Å²) < 4.78 is 5.17. The van der Waals surface area contributed by atoms with Crippen molar-refractivity contribution < 1.29 is 14.6 Å². The molecule has 3 nitrogen and oxygen atoms in total. The Bertz CT molecular complexity index is 363. The molecule has 0 aliphatic heterocycles. The van der Waals surface area contributed by atoms with E-state index in [0.29, 0.717) is 30.6 Å². The van der Waals surface area contributed by atoms with Gasteiger partial charge in [-0.1, -0.05) is 0 Å². The lowest BCUT2D eigenvalue weighted by Crippen LogP contribution is -1.96. The number of aromatic hydroxyl groups is 1. The lowest BCUT2D eigenvalue weighted by molar-refractivity contribution is 0.112. The van der Waals surface area contributed by atoms with Crippen molar-refractivity contribution in [3.05, 3.63) is 23.8 Å². The molecule has 0 unspecified atom stereocenters. The van der Waals surface area contributed by atoms with Crippen molar-refractivity contribution >= 4 is 6.29 Å². The van der Waals surface area contributed by atoms with Gasteiger partial charge in [0.25, 0.3) is 0 Å². The van der Waals surface area contributed by atoms with E-state index in [-0.39, 0.29) is 5.75 Å². The zero-order chi connectivity index (χ0) is 10.4. The van der Waals surface area contributed by atoms with Gasteiger partial charge in [-0.25, -0.2) is 0 Å². The lowest BCUT2D eigenvalue weighted by atomic mass is 10.2. The van der Waals surface area contributed by atoms with Crippen LogP contribution in [0.2, 0.25) is 0 Å². The van der Waals surface area contributed by atoms with E-state index < -0.39 is 0 Å². The van der Waals surface area contributed by atoms with Gasteiger partial charge in [0.05, 0.1) is 6.61 Å². The van der Waals surface area contributed by atoms with Crippen LogP contribution in [0, 0.1) is 12.3 Å². The van der Waals surface area contributed by atoms with Crippen LogP contribution < -0.4 is 4.74 Å². The molecule has 0 heterocycles. The van der Waals surface area contributed by atoms with Crippen molar-refractivity contribution in [3.8, 4) is 23.8 Å². The zero-order valence-electron chi connectivity index (χ0n) is 7.56. The molecule has 0 saturated heterocycles. The monoisotopic (exact) mass is 190 g/mol. The Kier molecular flexibility index (Phi) is 3.57. The van der Waals surface area contributed by atoms with Gasteiger partial charge in [0, 0.05) is 12.0 Å². The molecule has 0 amide bonds. The summed E-state index contributed by atoms with van der Waals surface area (Å²) in [7, 11) is 0. The maximum Gasteiger partial charge on any atom is 0.161 e. The van der Waals surface area contributed by atoms with Crippen molar-refractivity contribution in [3.63, 3.8) is 0 Å². The summed E-state index contributed by atoms with van der Waals surface area (Å²) in [6.45, 7) is 0.352. The number of hydrogen-bond acceptors (Lipinski definition) is 3. The van der Waals surface area contributed by atoms with E-state index in [0.717, 1.165) is 0 Å². The predicted molar refractivity (Wildman–Crippen MR) is 52.4 cm³/mol. The molecule has 1 N–H and O–H groups in total. The van der Waals surface area contributed by atoms with Crippen molar-refractivity contribution in [2.45, 2.75) is 6.42 Å². The predicted octanol–water partition coefficient (Wildman–Crippen LogP) is 1.61. The lowest BCUT2D eigenvalue weighted by Gasteiger charge is -2.06. The molecule has 0 aliphatic rings. The van der Waals surface area contributed by atoms with Crippen LogP contribution in [0.25, 0.3) is 0 Å². The van der Waals surface area contributed by atoms with Crippen LogP contribution in [0.4, 0.5) is 0 Å². The fraction of sp³-hybridized carbons (Fsp3) is 0.182. The third kappa shape index (κ3) is 2.53. The fourth-order valence-corrected chi connectivity index (χ4v) is 0.950. The van der Waals surface area contributed by atoms with Crippen molar-refractivity contribution in [1.29, 1.82) is 0 Å². The normalized spacial score (nSPS) is 9.07. The number of phenols is 1. The summed E-state index contributed by atoms with van der Waals surface area (Å²) in [5.74, 6) is 2.71. The Balaban J connectivity index is 2.69. The van der Waals surface area contributed by atoms with Gasteiger partial charge in [-0.05, 0) is 18.2 Å². The molecule has 0 aromatic heterocycles. The van der Waals surface area contributed by atoms with Gasteiger partial charge in [0.2, 0.25) is 0 Å². The fourth-order valence-electron chi connectivity index (χ4n) is 0.950. The van der Waals surface area contributed by atoms with Gasteiger partial charge in [0.1, 0.15) is 6.29 Å². The first kappa shape index (κ1) is 10.1. The number of carbonyl (C=O) groups is 1. The molecular formula is C11H10O3. The smallest absolute Gasteiger partial charge is 0.161 e. The standard InChI is InChI=1S/C11H10O3/c1-2-3-6-14-11-5-4-9(8-12)7-10(11)13/h1,4-5,7-8,13H,3,6H2. The number of rotatable bonds is 4. The molecule has 0 aliphatic carbocycles. The van der Waals surface area contributed by atoms with Crippen molar-refractivity contribution in [1.82, 2.24) is 0 Å². The summed E-state index contributed by atoms with van der Waals surface area (Å²) >= 11 is 0. The second-order valence-corrected chi connectivity index (χ2v) is 2.65. The van der Waals surface area contributed by atoms with Crippen LogP contribution in [0.15, 0.2) is 18.2 Å².